The molecule has 0 aliphatic carbocycles. The molecule has 2 heterocycles. The third-order valence-electron chi connectivity index (χ3n) is 3.43. The van der Waals surface area contributed by atoms with Gasteiger partial charge in [-0.15, -0.1) is 0 Å². The maximum atomic E-state index is 6.31. The SMILES string of the molecule is Clc1cccc(-c2cc3cc(Cl)c4cccnc4c3o2)c1. The molecule has 0 radical (unpaired) electrons. The van der Waals surface area contributed by atoms with E-state index >= 15 is 0 Å². The zero-order valence-corrected chi connectivity index (χ0v) is 12.3. The van der Waals surface area contributed by atoms with Crippen molar-refractivity contribution in [3.63, 3.8) is 0 Å². The van der Waals surface area contributed by atoms with Gasteiger partial charge in [0.15, 0.2) is 5.58 Å². The molecule has 2 aromatic carbocycles. The molecule has 0 N–H and O–H groups in total. The summed E-state index contributed by atoms with van der Waals surface area (Å²) in [5, 5.41) is 3.16. The third-order valence-corrected chi connectivity index (χ3v) is 3.98. The summed E-state index contributed by atoms with van der Waals surface area (Å²) >= 11 is 12.4. The Kier molecular flexibility index (Phi) is 2.88. The quantitative estimate of drug-likeness (QED) is 0.433. The highest BCUT2D eigenvalue weighted by Gasteiger charge is 2.12. The molecule has 0 fully saturated rings. The Morgan fingerprint density at radius 1 is 0.952 bits per heavy atom. The second kappa shape index (κ2) is 4.76. The van der Waals surface area contributed by atoms with Gasteiger partial charge >= 0.3 is 0 Å². The van der Waals surface area contributed by atoms with Crippen molar-refractivity contribution in [3.05, 3.63) is 64.8 Å². The number of halogens is 2. The second-order valence-electron chi connectivity index (χ2n) is 4.80. The Hall–Kier alpha value is -2.03. The van der Waals surface area contributed by atoms with E-state index in [1.807, 2.05) is 48.5 Å². The molecular formula is C17H9Cl2NO. The topological polar surface area (TPSA) is 26.0 Å². The largest absolute Gasteiger partial charge is 0.454 e. The average molecular weight is 314 g/mol. The number of hydrogen-bond donors (Lipinski definition) is 0. The molecule has 4 rings (SSSR count). The first-order valence-electron chi connectivity index (χ1n) is 6.45. The fourth-order valence-electron chi connectivity index (χ4n) is 2.47. The number of rotatable bonds is 1. The van der Waals surface area contributed by atoms with E-state index in [9.17, 15) is 0 Å². The molecule has 0 atom stereocenters. The Labute approximate surface area is 130 Å². The van der Waals surface area contributed by atoms with E-state index in [-0.39, 0.29) is 0 Å². The van der Waals surface area contributed by atoms with Gasteiger partial charge < -0.3 is 4.42 Å². The van der Waals surface area contributed by atoms with Crippen molar-refractivity contribution in [1.29, 1.82) is 0 Å². The van der Waals surface area contributed by atoms with Crippen LogP contribution in [0.15, 0.2) is 59.1 Å². The molecule has 21 heavy (non-hydrogen) atoms. The van der Waals surface area contributed by atoms with Crippen LogP contribution >= 0.6 is 23.2 Å². The number of furan rings is 1. The first kappa shape index (κ1) is 12.7. The number of nitrogens with zero attached hydrogens (tertiary/aromatic N) is 1. The van der Waals surface area contributed by atoms with E-state index in [1.54, 1.807) is 6.20 Å². The smallest absolute Gasteiger partial charge is 0.161 e. The Bertz CT molecular complexity index is 975. The van der Waals surface area contributed by atoms with Crippen LogP contribution in [0.3, 0.4) is 0 Å². The molecule has 102 valence electrons. The Morgan fingerprint density at radius 2 is 1.86 bits per heavy atom. The van der Waals surface area contributed by atoms with Gasteiger partial charge in [-0.3, -0.25) is 4.98 Å². The highest BCUT2D eigenvalue weighted by Crippen LogP contribution is 2.35. The summed E-state index contributed by atoms with van der Waals surface area (Å²) < 4.78 is 6.00. The minimum absolute atomic E-state index is 0.670. The predicted molar refractivity (Wildman–Crippen MR) is 87.0 cm³/mol. The van der Waals surface area contributed by atoms with Crippen LogP contribution in [0.25, 0.3) is 33.2 Å². The molecule has 0 saturated carbocycles. The number of pyridine rings is 1. The minimum atomic E-state index is 0.670. The summed E-state index contributed by atoms with van der Waals surface area (Å²) in [6.07, 6.45) is 1.74. The van der Waals surface area contributed by atoms with Crippen LogP contribution in [0.2, 0.25) is 10.0 Å². The van der Waals surface area contributed by atoms with Gasteiger partial charge in [0.25, 0.3) is 0 Å². The molecular weight excluding hydrogens is 305 g/mol. The van der Waals surface area contributed by atoms with Crippen LogP contribution in [0, 0.1) is 0 Å². The summed E-state index contributed by atoms with van der Waals surface area (Å²) in [4.78, 5) is 4.39. The fraction of sp³-hybridized carbons (Fsp3) is 0. The standard InChI is InChI=1S/C17H9Cl2NO/c18-12-4-1-3-10(7-12)15-9-11-8-14(19)13-5-2-6-20-16(13)17(11)21-15/h1-9H. The summed E-state index contributed by atoms with van der Waals surface area (Å²) in [5.41, 5.74) is 2.44. The van der Waals surface area contributed by atoms with Crippen molar-refractivity contribution in [1.82, 2.24) is 4.98 Å². The molecule has 0 amide bonds. The molecule has 0 bridgehead atoms. The van der Waals surface area contributed by atoms with Crippen LogP contribution in [-0.4, -0.2) is 4.98 Å². The van der Waals surface area contributed by atoms with Gasteiger partial charge in [0.2, 0.25) is 0 Å². The highest BCUT2D eigenvalue weighted by atomic mass is 35.5. The van der Waals surface area contributed by atoms with Crippen molar-refractivity contribution in [2.75, 3.05) is 0 Å². The highest BCUT2D eigenvalue weighted by molar-refractivity contribution is 6.37. The van der Waals surface area contributed by atoms with Gasteiger partial charge in [-0.05, 0) is 36.4 Å². The van der Waals surface area contributed by atoms with E-state index in [0.717, 1.165) is 33.2 Å². The first-order valence-corrected chi connectivity index (χ1v) is 7.21. The molecule has 0 aliphatic heterocycles. The van der Waals surface area contributed by atoms with Gasteiger partial charge in [0.05, 0.1) is 5.02 Å². The van der Waals surface area contributed by atoms with Crippen molar-refractivity contribution in [3.8, 4) is 11.3 Å². The molecule has 0 spiro atoms. The van der Waals surface area contributed by atoms with E-state index in [4.69, 9.17) is 27.6 Å². The normalized spacial score (nSPS) is 11.3. The molecule has 2 nitrogen and oxygen atoms in total. The average Bonchev–Trinajstić information content (AvgIpc) is 2.92. The van der Waals surface area contributed by atoms with Gasteiger partial charge in [-0.25, -0.2) is 0 Å². The van der Waals surface area contributed by atoms with Crippen molar-refractivity contribution in [2.45, 2.75) is 0 Å². The fourth-order valence-corrected chi connectivity index (χ4v) is 2.93. The molecule has 0 aliphatic rings. The second-order valence-corrected chi connectivity index (χ2v) is 5.64. The predicted octanol–water partition coefficient (Wildman–Crippen LogP) is 5.95. The zero-order valence-electron chi connectivity index (χ0n) is 10.8. The lowest BCUT2D eigenvalue weighted by atomic mass is 10.1. The molecule has 4 aromatic rings. The van der Waals surface area contributed by atoms with E-state index in [2.05, 4.69) is 4.98 Å². The molecule has 0 unspecified atom stereocenters. The Balaban J connectivity index is 2.04. The van der Waals surface area contributed by atoms with Crippen molar-refractivity contribution in [2.24, 2.45) is 0 Å². The lowest BCUT2D eigenvalue weighted by molar-refractivity contribution is 0.634. The summed E-state index contributed by atoms with van der Waals surface area (Å²) in [7, 11) is 0. The van der Waals surface area contributed by atoms with Gasteiger partial charge in [0.1, 0.15) is 11.3 Å². The first-order chi connectivity index (χ1) is 10.2. The molecule has 2 aromatic heterocycles. The lowest BCUT2D eigenvalue weighted by Crippen LogP contribution is -1.79. The van der Waals surface area contributed by atoms with Crippen LogP contribution in [0.1, 0.15) is 0 Å². The number of hydrogen-bond acceptors (Lipinski definition) is 2. The number of aromatic nitrogens is 1. The van der Waals surface area contributed by atoms with E-state index in [0.29, 0.717) is 10.0 Å². The van der Waals surface area contributed by atoms with Gasteiger partial charge in [-0.1, -0.05) is 35.3 Å². The summed E-state index contributed by atoms with van der Waals surface area (Å²) in [5.74, 6) is 0.752. The van der Waals surface area contributed by atoms with Gasteiger partial charge in [-0.2, -0.15) is 0 Å². The van der Waals surface area contributed by atoms with Crippen LogP contribution in [0.4, 0.5) is 0 Å². The monoisotopic (exact) mass is 313 g/mol. The van der Waals surface area contributed by atoms with Crippen LogP contribution in [-0.2, 0) is 0 Å². The van der Waals surface area contributed by atoms with Gasteiger partial charge in [0, 0.05) is 27.6 Å². The summed E-state index contributed by atoms with van der Waals surface area (Å²) in [6, 6.07) is 15.2. The number of fused-ring (bicyclic) bond motifs is 3. The zero-order chi connectivity index (χ0) is 14.4. The minimum Gasteiger partial charge on any atom is -0.454 e. The third kappa shape index (κ3) is 2.08. The van der Waals surface area contributed by atoms with Crippen molar-refractivity contribution < 1.29 is 4.42 Å². The maximum Gasteiger partial charge on any atom is 0.161 e. The van der Waals surface area contributed by atoms with Crippen LogP contribution in [0.5, 0.6) is 0 Å². The number of benzene rings is 2. The molecule has 4 heteroatoms. The maximum absolute atomic E-state index is 6.31. The van der Waals surface area contributed by atoms with E-state index in [1.165, 1.54) is 0 Å². The van der Waals surface area contributed by atoms with Crippen LogP contribution < -0.4 is 0 Å². The molecule has 0 saturated heterocycles. The summed E-state index contributed by atoms with van der Waals surface area (Å²) in [6.45, 7) is 0. The van der Waals surface area contributed by atoms with E-state index < -0.39 is 0 Å². The van der Waals surface area contributed by atoms with Crippen molar-refractivity contribution >= 4 is 45.1 Å². The lowest BCUT2D eigenvalue weighted by Gasteiger charge is -2.00. The Morgan fingerprint density at radius 3 is 2.71 bits per heavy atom.